The molecular weight excluding hydrogens is 266 g/mol. The van der Waals surface area contributed by atoms with Crippen molar-refractivity contribution >= 4 is 11.8 Å². The zero-order chi connectivity index (χ0) is 14.5. The lowest BCUT2D eigenvalue weighted by atomic mass is 10.0. The maximum absolute atomic E-state index is 5.39. The summed E-state index contributed by atoms with van der Waals surface area (Å²) in [5, 5.41) is 4.04. The van der Waals surface area contributed by atoms with Crippen molar-refractivity contribution in [2.75, 3.05) is 6.54 Å². The summed E-state index contributed by atoms with van der Waals surface area (Å²) in [4.78, 5) is 1.23. The van der Waals surface area contributed by atoms with Crippen molar-refractivity contribution in [2.45, 2.75) is 43.9 Å². The van der Waals surface area contributed by atoms with Gasteiger partial charge >= 0.3 is 0 Å². The Bertz CT molecular complexity index is 532. The summed E-state index contributed by atoms with van der Waals surface area (Å²) in [5.74, 6) is 1.00. The molecule has 108 valence electrons. The number of rotatable bonds is 6. The second-order valence-electron chi connectivity index (χ2n) is 5.11. The fourth-order valence-electron chi connectivity index (χ4n) is 2.31. The Morgan fingerprint density at radius 2 is 1.85 bits per heavy atom. The van der Waals surface area contributed by atoms with Gasteiger partial charge in [0.05, 0.1) is 6.26 Å². The van der Waals surface area contributed by atoms with Crippen molar-refractivity contribution in [3.8, 4) is 0 Å². The van der Waals surface area contributed by atoms with Crippen molar-refractivity contribution in [3.63, 3.8) is 0 Å². The Kier molecular flexibility index (Phi) is 5.32. The van der Waals surface area contributed by atoms with Gasteiger partial charge in [-0.3, -0.25) is 0 Å². The SMILES string of the molecule is CCNC(c1ccc(C)cc1)C(C)Sc1ccoc1C. The van der Waals surface area contributed by atoms with E-state index in [1.807, 2.05) is 18.7 Å². The van der Waals surface area contributed by atoms with E-state index in [0.29, 0.717) is 11.3 Å². The molecule has 2 unspecified atom stereocenters. The lowest BCUT2D eigenvalue weighted by Crippen LogP contribution is -2.28. The summed E-state index contributed by atoms with van der Waals surface area (Å²) in [5.41, 5.74) is 2.65. The zero-order valence-corrected chi connectivity index (χ0v) is 13.5. The molecule has 20 heavy (non-hydrogen) atoms. The first kappa shape index (κ1) is 15.2. The molecule has 1 aromatic heterocycles. The molecule has 1 aromatic carbocycles. The van der Waals surface area contributed by atoms with Gasteiger partial charge in [0, 0.05) is 16.2 Å². The first-order valence-corrected chi connectivity index (χ1v) is 8.00. The highest BCUT2D eigenvalue weighted by Crippen LogP contribution is 2.34. The van der Waals surface area contributed by atoms with Gasteiger partial charge in [-0.25, -0.2) is 0 Å². The number of hydrogen-bond donors (Lipinski definition) is 1. The number of aryl methyl sites for hydroxylation is 2. The monoisotopic (exact) mass is 289 g/mol. The Morgan fingerprint density at radius 3 is 2.40 bits per heavy atom. The third-order valence-corrected chi connectivity index (χ3v) is 4.78. The molecule has 0 fully saturated rings. The van der Waals surface area contributed by atoms with Gasteiger partial charge < -0.3 is 9.73 Å². The van der Waals surface area contributed by atoms with E-state index in [0.717, 1.165) is 12.3 Å². The molecule has 0 saturated carbocycles. The van der Waals surface area contributed by atoms with Gasteiger partial charge in [-0.2, -0.15) is 0 Å². The summed E-state index contributed by atoms with van der Waals surface area (Å²) in [7, 11) is 0. The van der Waals surface area contributed by atoms with Gasteiger partial charge in [-0.15, -0.1) is 11.8 Å². The molecule has 0 aliphatic rings. The standard InChI is InChI=1S/C17H23NOS/c1-5-18-17(15-8-6-12(2)7-9-15)14(4)20-16-10-11-19-13(16)3/h6-11,14,17-18H,5H2,1-4H3. The first-order valence-electron chi connectivity index (χ1n) is 7.12. The molecule has 0 aliphatic carbocycles. The molecule has 0 bridgehead atoms. The van der Waals surface area contributed by atoms with Crippen LogP contribution in [0.2, 0.25) is 0 Å². The number of thioether (sulfide) groups is 1. The molecule has 0 amide bonds. The van der Waals surface area contributed by atoms with E-state index >= 15 is 0 Å². The highest BCUT2D eigenvalue weighted by Gasteiger charge is 2.20. The minimum atomic E-state index is 0.347. The maximum atomic E-state index is 5.39. The molecule has 0 spiro atoms. The van der Waals surface area contributed by atoms with Crippen LogP contribution in [-0.4, -0.2) is 11.8 Å². The average Bonchev–Trinajstić information content (AvgIpc) is 2.83. The second kappa shape index (κ2) is 7.00. The second-order valence-corrected chi connectivity index (χ2v) is 6.53. The Balaban J connectivity index is 2.15. The van der Waals surface area contributed by atoms with Crippen LogP contribution in [0.1, 0.15) is 36.8 Å². The largest absolute Gasteiger partial charge is 0.468 e. The van der Waals surface area contributed by atoms with Crippen LogP contribution < -0.4 is 5.32 Å². The highest BCUT2D eigenvalue weighted by molar-refractivity contribution is 8.00. The van der Waals surface area contributed by atoms with E-state index in [-0.39, 0.29) is 0 Å². The molecule has 0 saturated heterocycles. The van der Waals surface area contributed by atoms with Gasteiger partial charge in [-0.05, 0) is 32.0 Å². The molecule has 3 heteroatoms. The van der Waals surface area contributed by atoms with Crippen LogP contribution in [0.4, 0.5) is 0 Å². The molecule has 0 aliphatic heterocycles. The number of benzene rings is 1. The fourth-order valence-corrected chi connectivity index (χ4v) is 3.45. The van der Waals surface area contributed by atoms with Crippen LogP contribution in [-0.2, 0) is 0 Å². The third-order valence-electron chi connectivity index (χ3n) is 3.45. The highest BCUT2D eigenvalue weighted by atomic mass is 32.2. The minimum Gasteiger partial charge on any atom is -0.468 e. The molecule has 1 N–H and O–H groups in total. The minimum absolute atomic E-state index is 0.347. The van der Waals surface area contributed by atoms with E-state index in [4.69, 9.17) is 4.42 Å². The Morgan fingerprint density at radius 1 is 1.15 bits per heavy atom. The maximum Gasteiger partial charge on any atom is 0.114 e. The zero-order valence-electron chi connectivity index (χ0n) is 12.6. The van der Waals surface area contributed by atoms with Crippen molar-refractivity contribution in [1.29, 1.82) is 0 Å². The van der Waals surface area contributed by atoms with Crippen molar-refractivity contribution in [3.05, 3.63) is 53.5 Å². The smallest absolute Gasteiger partial charge is 0.114 e. The molecule has 2 rings (SSSR count). The number of furan rings is 1. The Hall–Kier alpha value is -1.19. The van der Waals surface area contributed by atoms with Gasteiger partial charge in [-0.1, -0.05) is 43.7 Å². The normalized spacial score (nSPS) is 14.2. The van der Waals surface area contributed by atoms with Crippen LogP contribution in [0.25, 0.3) is 0 Å². The van der Waals surface area contributed by atoms with Crippen molar-refractivity contribution < 1.29 is 4.42 Å². The fraction of sp³-hybridized carbons (Fsp3) is 0.412. The molecule has 1 heterocycles. The van der Waals surface area contributed by atoms with E-state index in [1.54, 1.807) is 6.26 Å². The third kappa shape index (κ3) is 3.68. The quantitative estimate of drug-likeness (QED) is 0.778. The Labute approximate surface area is 126 Å². The summed E-state index contributed by atoms with van der Waals surface area (Å²) in [6, 6.07) is 11.2. The van der Waals surface area contributed by atoms with E-state index in [9.17, 15) is 0 Å². The molecule has 2 aromatic rings. The lowest BCUT2D eigenvalue weighted by Gasteiger charge is -2.25. The lowest BCUT2D eigenvalue weighted by molar-refractivity contribution is 0.525. The summed E-state index contributed by atoms with van der Waals surface area (Å²) < 4.78 is 5.39. The molecular formula is C17H23NOS. The van der Waals surface area contributed by atoms with Gasteiger partial charge in [0.15, 0.2) is 0 Å². The number of nitrogens with one attached hydrogen (secondary N) is 1. The molecule has 0 radical (unpaired) electrons. The van der Waals surface area contributed by atoms with E-state index in [1.165, 1.54) is 16.0 Å². The van der Waals surface area contributed by atoms with Crippen LogP contribution in [0.5, 0.6) is 0 Å². The first-order chi connectivity index (χ1) is 9.61. The van der Waals surface area contributed by atoms with Crippen LogP contribution in [0, 0.1) is 13.8 Å². The van der Waals surface area contributed by atoms with Crippen molar-refractivity contribution in [2.24, 2.45) is 0 Å². The number of hydrogen-bond acceptors (Lipinski definition) is 3. The molecule has 2 atom stereocenters. The predicted octanol–water partition coefficient (Wildman–Crippen LogP) is 4.73. The average molecular weight is 289 g/mol. The van der Waals surface area contributed by atoms with Crippen LogP contribution in [0.15, 0.2) is 45.9 Å². The van der Waals surface area contributed by atoms with E-state index < -0.39 is 0 Å². The van der Waals surface area contributed by atoms with Crippen LogP contribution in [0.3, 0.4) is 0 Å². The van der Waals surface area contributed by atoms with Gasteiger partial charge in [0.1, 0.15) is 5.76 Å². The van der Waals surface area contributed by atoms with Gasteiger partial charge in [0.2, 0.25) is 0 Å². The van der Waals surface area contributed by atoms with Crippen molar-refractivity contribution in [1.82, 2.24) is 5.32 Å². The molecule has 2 nitrogen and oxygen atoms in total. The summed E-state index contributed by atoms with van der Waals surface area (Å²) in [6.45, 7) is 9.53. The van der Waals surface area contributed by atoms with Crippen LogP contribution >= 0.6 is 11.8 Å². The summed E-state index contributed by atoms with van der Waals surface area (Å²) >= 11 is 1.87. The predicted molar refractivity (Wildman–Crippen MR) is 86.4 cm³/mol. The van der Waals surface area contributed by atoms with Gasteiger partial charge in [0.25, 0.3) is 0 Å². The van der Waals surface area contributed by atoms with E-state index in [2.05, 4.69) is 56.4 Å². The topological polar surface area (TPSA) is 25.2 Å². The summed E-state index contributed by atoms with van der Waals surface area (Å²) in [6.07, 6.45) is 1.76.